The summed E-state index contributed by atoms with van der Waals surface area (Å²) in [6.07, 6.45) is 0. The number of carbonyl (C=O) groups excluding carboxylic acids is 1. The summed E-state index contributed by atoms with van der Waals surface area (Å²) in [5, 5.41) is 4.80. The van der Waals surface area contributed by atoms with Crippen molar-refractivity contribution in [3.8, 4) is 0 Å². The van der Waals surface area contributed by atoms with E-state index in [0.29, 0.717) is 5.56 Å². The van der Waals surface area contributed by atoms with Gasteiger partial charge in [0.05, 0.1) is 22.9 Å². The van der Waals surface area contributed by atoms with Gasteiger partial charge in [-0.25, -0.2) is 8.42 Å². The van der Waals surface area contributed by atoms with Crippen LogP contribution in [0.3, 0.4) is 0 Å². The Kier molecular flexibility index (Phi) is 4.62. The van der Waals surface area contributed by atoms with Gasteiger partial charge in [-0.2, -0.15) is 0 Å². The van der Waals surface area contributed by atoms with Crippen LogP contribution in [0.5, 0.6) is 0 Å². The van der Waals surface area contributed by atoms with Gasteiger partial charge in [-0.3, -0.25) is 10.1 Å². The van der Waals surface area contributed by atoms with Gasteiger partial charge in [0.25, 0.3) is 5.91 Å². The lowest BCUT2D eigenvalue weighted by Crippen LogP contribution is -2.47. The van der Waals surface area contributed by atoms with E-state index in [-0.39, 0.29) is 22.5 Å². The monoisotopic (exact) mass is 332 g/mol. The van der Waals surface area contributed by atoms with Crippen molar-refractivity contribution >= 4 is 44.7 Å². The zero-order chi connectivity index (χ0) is 14.8. The SMILES string of the molecule is O=C(NC(=S)N[C@@H]1CS(=O)(=O)C[C@H]1Cl)c1ccccc1. The quantitative estimate of drug-likeness (QED) is 0.616. The molecule has 0 spiro atoms. The van der Waals surface area contributed by atoms with Crippen LogP contribution in [0.1, 0.15) is 10.4 Å². The molecular weight excluding hydrogens is 320 g/mol. The first-order valence-electron chi connectivity index (χ1n) is 5.89. The van der Waals surface area contributed by atoms with Crippen LogP contribution >= 0.6 is 23.8 Å². The molecule has 1 aliphatic rings. The number of alkyl halides is 1. The van der Waals surface area contributed by atoms with Crippen LogP contribution in [0.2, 0.25) is 0 Å². The average Bonchev–Trinajstić information content (AvgIpc) is 2.63. The fraction of sp³-hybridized carbons (Fsp3) is 0.333. The molecule has 108 valence electrons. The highest BCUT2D eigenvalue weighted by atomic mass is 35.5. The van der Waals surface area contributed by atoms with Gasteiger partial charge < -0.3 is 5.32 Å². The lowest BCUT2D eigenvalue weighted by atomic mass is 10.2. The number of nitrogens with one attached hydrogen (secondary N) is 2. The number of carbonyl (C=O) groups is 1. The second-order valence-corrected chi connectivity index (χ2v) is 7.62. The van der Waals surface area contributed by atoms with Crippen LogP contribution in [0.25, 0.3) is 0 Å². The van der Waals surface area contributed by atoms with Crippen LogP contribution in [-0.4, -0.2) is 42.4 Å². The molecule has 1 aromatic carbocycles. The molecule has 20 heavy (non-hydrogen) atoms. The van der Waals surface area contributed by atoms with Crippen molar-refractivity contribution in [2.45, 2.75) is 11.4 Å². The molecule has 0 radical (unpaired) electrons. The summed E-state index contributed by atoms with van der Waals surface area (Å²) in [7, 11) is -3.14. The highest BCUT2D eigenvalue weighted by molar-refractivity contribution is 7.91. The van der Waals surface area contributed by atoms with E-state index in [2.05, 4.69) is 10.6 Å². The first-order valence-corrected chi connectivity index (χ1v) is 8.55. The molecule has 5 nitrogen and oxygen atoms in total. The van der Waals surface area contributed by atoms with Gasteiger partial charge in [0.2, 0.25) is 0 Å². The van der Waals surface area contributed by atoms with Gasteiger partial charge in [0.1, 0.15) is 0 Å². The van der Waals surface area contributed by atoms with Crippen molar-refractivity contribution in [3.63, 3.8) is 0 Å². The molecule has 1 aliphatic heterocycles. The van der Waals surface area contributed by atoms with Crippen molar-refractivity contribution in [2.24, 2.45) is 0 Å². The Morgan fingerprint density at radius 1 is 1.25 bits per heavy atom. The Labute approximate surface area is 127 Å². The van der Waals surface area contributed by atoms with E-state index < -0.39 is 21.3 Å². The highest BCUT2D eigenvalue weighted by Crippen LogP contribution is 2.17. The van der Waals surface area contributed by atoms with Crippen LogP contribution in [0.4, 0.5) is 0 Å². The predicted molar refractivity (Wildman–Crippen MR) is 81.7 cm³/mol. The molecule has 0 aromatic heterocycles. The van der Waals surface area contributed by atoms with Gasteiger partial charge in [0, 0.05) is 5.56 Å². The maximum atomic E-state index is 11.8. The number of thiocarbonyl (C=S) groups is 1. The minimum Gasteiger partial charge on any atom is -0.357 e. The minimum atomic E-state index is -3.14. The molecule has 2 rings (SSSR count). The zero-order valence-corrected chi connectivity index (χ0v) is 12.8. The van der Waals surface area contributed by atoms with Crippen molar-refractivity contribution in [3.05, 3.63) is 35.9 Å². The average molecular weight is 333 g/mol. The standard InChI is InChI=1S/C12H13ClN2O3S2/c13-9-6-20(17,18)7-10(9)14-12(19)15-11(16)8-4-2-1-3-5-8/h1-5,9-10H,6-7H2,(H2,14,15,16,19)/t9-,10-/m1/s1. The first-order chi connectivity index (χ1) is 9.37. The number of halogens is 1. The molecule has 1 aromatic rings. The van der Waals surface area contributed by atoms with Gasteiger partial charge in [0.15, 0.2) is 14.9 Å². The number of benzene rings is 1. The normalized spacial score (nSPS) is 24.1. The van der Waals surface area contributed by atoms with E-state index in [1.165, 1.54) is 0 Å². The first kappa shape index (κ1) is 15.2. The van der Waals surface area contributed by atoms with E-state index in [4.69, 9.17) is 23.8 Å². The number of amides is 1. The smallest absolute Gasteiger partial charge is 0.257 e. The van der Waals surface area contributed by atoms with E-state index in [0.717, 1.165) is 0 Å². The third-order valence-electron chi connectivity index (χ3n) is 2.86. The van der Waals surface area contributed by atoms with E-state index in [1.807, 2.05) is 0 Å². The van der Waals surface area contributed by atoms with Crippen LogP contribution < -0.4 is 10.6 Å². The van der Waals surface area contributed by atoms with Gasteiger partial charge in [-0.1, -0.05) is 18.2 Å². The molecule has 2 N–H and O–H groups in total. The van der Waals surface area contributed by atoms with Crippen molar-refractivity contribution in [1.29, 1.82) is 0 Å². The summed E-state index contributed by atoms with van der Waals surface area (Å²) in [5.41, 5.74) is 0.470. The summed E-state index contributed by atoms with van der Waals surface area (Å²) >= 11 is 10.9. The Bertz CT molecular complexity index is 619. The molecule has 0 unspecified atom stereocenters. The maximum Gasteiger partial charge on any atom is 0.257 e. The summed E-state index contributed by atoms with van der Waals surface area (Å²) in [4.78, 5) is 11.8. The Balaban J connectivity index is 1.92. The zero-order valence-electron chi connectivity index (χ0n) is 10.4. The second-order valence-electron chi connectivity index (χ2n) is 4.49. The fourth-order valence-electron chi connectivity index (χ4n) is 1.91. The van der Waals surface area contributed by atoms with Crippen molar-refractivity contribution in [1.82, 2.24) is 10.6 Å². The third kappa shape index (κ3) is 3.91. The highest BCUT2D eigenvalue weighted by Gasteiger charge is 2.36. The molecule has 1 amide bonds. The molecular formula is C12H13ClN2O3S2. The fourth-order valence-corrected chi connectivity index (χ4v) is 4.70. The molecule has 2 atom stereocenters. The lowest BCUT2D eigenvalue weighted by molar-refractivity contribution is 0.0976. The summed E-state index contributed by atoms with van der Waals surface area (Å²) in [6, 6.07) is 8.11. The number of rotatable bonds is 2. The third-order valence-corrected chi connectivity index (χ3v) is 5.46. The number of sulfone groups is 1. The van der Waals surface area contributed by atoms with Crippen LogP contribution in [-0.2, 0) is 9.84 Å². The molecule has 0 bridgehead atoms. The summed E-state index contributed by atoms with van der Waals surface area (Å²) in [5.74, 6) is -0.514. The Morgan fingerprint density at radius 2 is 1.90 bits per heavy atom. The maximum absolute atomic E-state index is 11.8. The molecule has 0 aliphatic carbocycles. The molecule has 8 heteroatoms. The summed E-state index contributed by atoms with van der Waals surface area (Å²) in [6.45, 7) is 0. The van der Waals surface area contributed by atoms with E-state index in [9.17, 15) is 13.2 Å². The Morgan fingerprint density at radius 3 is 2.45 bits per heavy atom. The molecule has 1 fully saturated rings. The van der Waals surface area contributed by atoms with Crippen molar-refractivity contribution in [2.75, 3.05) is 11.5 Å². The van der Waals surface area contributed by atoms with Crippen LogP contribution in [0, 0.1) is 0 Å². The van der Waals surface area contributed by atoms with E-state index >= 15 is 0 Å². The van der Waals surface area contributed by atoms with Gasteiger partial charge in [-0.15, -0.1) is 11.6 Å². The Hall–Kier alpha value is -1.18. The predicted octanol–water partition coefficient (Wildman–Crippen LogP) is 0.695. The molecule has 1 heterocycles. The van der Waals surface area contributed by atoms with E-state index in [1.54, 1.807) is 30.3 Å². The summed E-state index contributed by atoms with van der Waals surface area (Å²) < 4.78 is 22.8. The largest absolute Gasteiger partial charge is 0.357 e. The topological polar surface area (TPSA) is 75.3 Å². The second kappa shape index (κ2) is 6.07. The van der Waals surface area contributed by atoms with Crippen LogP contribution in [0.15, 0.2) is 30.3 Å². The minimum absolute atomic E-state index is 0.0756. The van der Waals surface area contributed by atoms with Gasteiger partial charge >= 0.3 is 0 Å². The number of hydrogen-bond donors (Lipinski definition) is 2. The lowest BCUT2D eigenvalue weighted by Gasteiger charge is -2.16. The van der Waals surface area contributed by atoms with Gasteiger partial charge in [-0.05, 0) is 24.4 Å². The van der Waals surface area contributed by atoms with Crippen molar-refractivity contribution < 1.29 is 13.2 Å². The molecule has 0 saturated carbocycles. The molecule has 1 saturated heterocycles. The number of hydrogen-bond acceptors (Lipinski definition) is 4.